The summed E-state index contributed by atoms with van der Waals surface area (Å²) in [5.41, 5.74) is 0.0706. The summed E-state index contributed by atoms with van der Waals surface area (Å²) < 4.78 is 15.9. The molecule has 1 aliphatic heterocycles. The van der Waals surface area contributed by atoms with Crippen molar-refractivity contribution in [2.75, 3.05) is 32.7 Å². The third-order valence-corrected chi connectivity index (χ3v) is 4.34. The predicted molar refractivity (Wildman–Crippen MR) is 97.0 cm³/mol. The van der Waals surface area contributed by atoms with Gasteiger partial charge in [0.15, 0.2) is 11.5 Å². The van der Waals surface area contributed by atoms with Crippen LogP contribution >= 0.6 is 0 Å². The van der Waals surface area contributed by atoms with Crippen LogP contribution in [0.4, 0.5) is 10.5 Å². The van der Waals surface area contributed by atoms with Crippen molar-refractivity contribution < 1.29 is 24.1 Å². The maximum Gasteiger partial charge on any atom is 0.319 e. The van der Waals surface area contributed by atoms with E-state index < -0.39 is 11.6 Å². The van der Waals surface area contributed by atoms with E-state index in [9.17, 15) is 9.90 Å². The largest absolute Gasteiger partial charge is 0.493 e. The average Bonchev–Trinajstić information content (AvgIpc) is 2.67. The van der Waals surface area contributed by atoms with Gasteiger partial charge in [0.2, 0.25) is 0 Å². The molecule has 1 atom stereocenters. The highest BCUT2D eigenvalue weighted by molar-refractivity contribution is 5.89. The molecular weight excluding hydrogens is 336 g/mol. The summed E-state index contributed by atoms with van der Waals surface area (Å²) >= 11 is 0. The van der Waals surface area contributed by atoms with Crippen molar-refractivity contribution in [2.24, 2.45) is 0 Å². The Hall–Kier alpha value is -2.93. The summed E-state index contributed by atoms with van der Waals surface area (Å²) in [6, 6.07) is 12.0. The predicted octanol–water partition coefficient (Wildman–Crippen LogP) is 2.50. The molecule has 0 bridgehead atoms. The van der Waals surface area contributed by atoms with E-state index >= 15 is 0 Å². The zero-order valence-electron chi connectivity index (χ0n) is 14.7. The number of aliphatic hydroxyl groups is 1. The average molecular weight is 358 g/mol. The first-order valence-corrected chi connectivity index (χ1v) is 8.27. The van der Waals surface area contributed by atoms with E-state index in [2.05, 4.69) is 10.6 Å². The van der Waals surface area contributed by atoms with Gasteiger partial charge in [-0.05, 0) is 18.2 Å². The number of anilines is 1. The SMILES string of the molecule is COc1ccc(NC(=O)NCC2(O)CCOc3ccccc32)cc1OC. The fourth-order valence-corrected chi connectivity index (χ4v) is 2.94. The molecule has 3 rings (SSSR count). The van der Waals surface area contributed by atoms with Gasteiger partial charge < -0.3 is 30.0 Å². The molecule has 0 spiro atoms. The normalized spacial score (nSPS) is 18.3. The Morgan fingerprint density at radius 1 is 1.19 bits per heavy atom. The number of fused-ring (bicyclic) bond motifs is 1. The second kappa shape index (κ2) is 7.53. The molecule has 0 saturated heterocycles. The summed E-state index contributed by atoms with van der Waals surface area (Å²) in [6.45, 7) is 0.471. The Labute approximate surface area is 151 Å². The van der Waals surface area contributed by atoms with E-state index in [0.29, 0.717) is 41.5 Å². The van der Waals surface area contributed by atoms with Crippen LogP contribution in [0.3, 0.4) is 0 Å². The number of carbonyl (C=O) groups excluding carboxylic acids is 1. The van der Waals surface area contributed by atoms with Crippen LogP contribution in [0.5, 0.6) is 17.2 Å². The number of methoxy groups -OCH3 is 2. The minimum absolute atomic E-state index is 0.0759. The first kappa shape index (κ1) is 17.9. The first-order chi connectivity index (χ1) is 12.6. The lowest BCUT2D eigenvalue weighted by Gasteiger charge is -2.34. The van der Waals surface area contributed by atoms with Crippen LogP contribution in [0.15, 0.2) is 42.5 Å². The molecule has 0 aliphatic carbocycles. The highest BCUT2D eigenvalue weighted by atomic mass is 16.5. The summed E-state index contributed by atoms with van der Waals surface area (Å²) in [6.07, 6.45) is 0.403. The first-order valence-electron chi connectivity index (χ1n) is 8.27. The minimum Gasteiger partial charge on any atom is -0.493 e. The van der Waals surface area contributed by atoms with Gasteiger partial charge in [-0.1, -0.05) is 18.2 Å². The lowest BCUT2D eigenvalue weighted by Crippen LogP contribution is -2.45. The molecule has 2 aromatic carbocycles. The molecule has 138 valence electrons. The lowest BCUT2D eigenvalue weighted by molar-refractivity contribution is 0.000398. The number of urea groups is 1. The molecule has 7 nitrogen and oxygen atoms in total. The van der Waals surface area contributed by atoms with Crippen LogP contribution in [0, 0.1) is 0 Å². The maximum absolute atomic E-state index is 12.2. The van der Waals surface area contributed by atoms with Crippen LogP contribution in [-0.4, -0.2) is 38.5 Å². The van der Waals surface area contributed by atoms with E-state index in [4.69, 9.17) is 14.2 Å². The molecule has 7 heteroatoms. The number of nitrogens with one attached hydrogen (secondary N) is 2. The van der Waals surface area contributed by atoms with Crippen molar-refractivity contribution in [2.45, 2.75) is 12.0 Å². The molecule has 26 heavy (non-hydrogen) atoms. The Kier molecular flexibility index (Phi) is 5.18. The Bertz CT molecular complexity index is 795. The molecule has 1 aliphatic rings. The second-order valence-corrected chi connectivity index (χ2v) is 6.00. The second-order valence-electron chi connectivity index (χ2n) is 6.00. The van der Waals surface area contributed by atoms with Gasteiger partial charge in [-0.3, -0.25) is 0 Å². The van der Waals surface area contributed by atoms with Gasteiger partial charge in [-0.25, -0.2) is 4.79 Å². The summed E-state index contributed by atoms with van der Waals surface area (Å²) in [5, 5.41) is 16.4. The van der Waals surface area contributed by atoms with E-state index in [1.54, 1.807) is 25.3 Å². The summed E-state index contributed by atoms with van der Waals surface area (Å²) in [7, 11) is 3.07. The summed E-state index contributed by atoms with van der Waals surface area (Å²) in [4.78, 5) is 12.2. The van der Waals surface area contributed by atoms with Crippen LogP contribution < -0.4 is 24.8 Å². The fraction of sp³-hybridized carbons (Fsp3) is 0.316. The van der Waals surface area contributed by atoms with Crippen LogP contribution in [0.1, 0.15) is 12.0 Å². The Morgan fingerprint density at radius 3 is 2.73 bits per heavy atom. The number of rotatable bonds is 5. The standard InChI is InChI=1S/C19H22N2O5/c1-24-16-8-7-13(11-17(16)25-2)21-18(22)20-12-19(23)9-10-26-15-6-4-3-5-14(15)19/h3-8,11,23H,9-10,12H2,1-2H3,(H2,20,21,22). The number of amides is 2. The van der Waals surface area contributed by atoms with E-state index in [1.165, 1.54) is 7.11 Å². The molecule has 0 radical (unpaired) electrons. The molecular formula is C19H22N2O5. The van der Waals surface area contributed by atoms with Crippen molar-refractivity contribution in [1.29, 1.82) is 0 Å². The van der Waals surface area contributed by atoms with E-state index in [-0.39, 0.29) is 6.54 Å². The van der Waals surface area contributed by atoms with Crippen molar-refractivity contribution in [3.05, 3.63) is 48.0 Å². The number of carbonyl (C=O) groups is 1. The van der Waals surface area contributed by atoms with Gasteiger partial charge in [0.25, 0.3) is 0 Å². The van der Waals surface area contributed by atoms with E-state index in [1.807, 2.05) is 24.3 Å². The van der Waals surface area contributed by atoms with Gasteiger partial charge in [0, 0.05) is 23.7 Å². The van der Waals surface area contributed by atoms with Crippen LogP contribution in [0.25, 0.3) is 0 Å². The zero-order chi connectivity index (χ0) is 18.6. The smallest absolute Gasteiger partial charge is 0.319 e. The molecule has 3 N–H and O–H groups in total. The molecule has 2 aromatic rings. The molecule has 0 saturated carbocycles. The van der Waals surface area contributed by atoms with Gasteiger partial charge in [-0.2, -0.15) is 0 Å². The number of hydrogen-bond acceptors (Lipinski definition) is 5. The van der Waals surface area contributed by atoms with Gasteiger partial charge >= 0.3 is 6.03 Å². The summed E-state index contributed by atoms with van der Waals surface area (Å²) in [5.74, 6) is 1.73. The minimum atomic E-state index is -1.16. The Balaban J connectivity index is 1.65. The monoisotopic (exact) mass is 358 g/mol. The number of hydrogen-bond donors (Lipinski definition) is 3. The fourth-order valence-electron chi connectivity index (χ4n) is 2.94. The van der Waals surface area contributed by atoms with Gasteiger partial charge in [0.05, 0.1) is 27.4 Å². The number of para-hydroxylation sites is 1. The molecule has 2 amide bonds. The van der Waals surface area contributed by atoms with Crippen molar-refractivity contribution in [1.82, 2.24) is 5.32 Å². The third-order valence-electron chi connectivity index (χ3n) is 4.34. The molecule has 1 unspecified atom stereocenters. The number of benzene rings is 2. The highest BCUT2D eigenvalue weighted by Crippen LogP contribution is 2.36. The van der Waals surface area contributed by atoms with Crippen LogP contribution in [0.2, 0.25) is 0 Å². The molecule has 0 fully saturated rings. The Morgan fingerprint density at radius 2 is 1.96 bits per heavy atom. The van der Waals surface area contributed by atoms with Gasteiger partial charge in [0.1, 0.15) is 11.4 Å². The third kappa shape index (κ3) is 3.67. The van der Waals surface area contributed by atoms with Gasteiger partial charge in [-0.15, -0.1) is 0 Å². The van der Waals surface area contributed by atoms with E-state index in [0.717, 1.165) is 0 Å². The molecule has 0 aromatic heterocycles. The van der Waals surface area contributed by atoms with Crippen molar-refractivity contribution in [3.8, 4) is 17.2 Å². The van der Waals surface area contributed by atoms with Crippen molar-refractivity contribution >= 4 is 11.7 Å². The van der Waals surface area contributed by atoms with Crippen LogP contribution in [-0.2, 0) is 5.60 Å². The quantitative estimate of drug-likeness (QED) is 0.764. The topological polar surface area (TPSA) is 89.1 Å². The highest BCUT2D eigenvalue weighted by Gasteiger charge is 2.35. The zero-order valence-corrected chi connectivity index (χ0v) is 14.7. The number of ether oxygens (including phenoxy) is 3. The molecule has 1 heterocycles. The lowest BCUT2D eigenvalue weighted by atomic mass is 9.88. The van der Waals surface area contributed by atoms with Crippen molar-refractivity contribution in [3.63, 3.8) is 0 Å². The maximum atomic E-state index is 12.2.